The number of fused-ring (bicyclic) bond motifs is 2. The largest absolute Gasteiger partial charge is 0.272 e. The maximum Gasteiger partial charge on any atom is 0.261 e. The van der Waals surface area contributed by atoms with Crippen LogP contribution in [-0.2, 0) is 0 Å². The van der Waals surface area contributed by atoms with Gasteiger partial charge in [0.05, 0.1) is 34.0 Å². The quantitative estimate of drug-likeness (QED) is 0.339. The molecule has 0 aliphatic carbocycles. The lowest BCUT2D eigenvalue weighted by Crippen LogP contribution is -2.37. The van der Waals surface area contributed by atoms with Gasteiger partial charge in [-0.2, -0.15) is 14.0 Å². The molecule has 0 fully saturated rings. The maximum absolute atomic E-state index is 12.9. The highest BCUT2D eigenvalue weighted by Crippen LogP contribution is 2.27. The summed E-state index contributed by atoms with van der Waals surface area (Å²) in [6.45, 7) is 4.05. The van der Waals surface area contributed by atoms with Crippen molar-refractivity contribution in [3.8, 4) is 17.9 Å². The van der Waals surface area contributed by atoms with Gasteiger partial charge in [-0.25, -0.2) is 0 Å². The summed E-state index contributed by atoms with van der Waals surface area (Å²) in [4.78, 5) is 27.1. The summed E-state index contributed by atoms with van der Waals surface area (Å²) in [5.41, 5.74) is 3.74. The lowest BCUT2D eigenvalue weighted by atomic mass is 10.0. The summed E-state index contributed by atoms with van der Waals surface area (Å²) >= 11 is 1.04. The summed E-state index contributed by atoms with van der Waals surface area (Å²) in [6, 6.07) is 10.5. The number of nitriles is 1. The molecule has 6 nitrogen and oxygen atoms in total. The minimum absolute atomic E-state index is 0.127. The van der Waals surface area contributed by atoms with Crippen LogP contribution in [0.5, 0.6) is 0 Å². The second-order valence-electron chi connectivity index (χ2n) is 7.57. The minimum atomic E-state index is -0.253. The van der Waals surface area contributed by atoms with Gasteiger partial charge in [0.2, 0.25) is 0 Å². The van der Waals surface area contributed by atoms with Crippen LogP contribution in [0.1, 0.15) is 76.9 Å². The average Bonchev–Trinajstić information content (AvgIpc) is 3.36. The molecule has 0 radical (unpaired) electrons. The number of imide groups is 1. The van der Waals surface area contributed by atoms with Gasteiger partial charge in [0, 0.05) is 11.6 Å². The van der Waals surface area contributed by atoms with Crippen molar-refractivity contribution >= 4 is 34.6 Å². The van der Waals surface area contributed by atoms with Crippen molar-refractivity contribution in [2.75, 3.05) is 0 Å². The maximum atomic E-state index is 12.9. The van der Waals surface area contributed by atoms with Crippen LogP contribution in [0.2, 0.25) is 0 Å². The second-order valence-corrected chi connectivity index (χ2v) is 8.10. The molecule has 2 amide bonds. The molecule has 1 unspecified atom stereocenters. The number of hydrogen-bond acceptors (Lipinski definition) is 6. The van der Waals surface area contributed by atoms with Crippen LogP contribution in [0.3, 0.4) is 0 Å². The summed E-state index contributed by atoms with van der Waals surface area (Å²) in [6.07, 6.45) is 3.98. The Balaban J connectivity index is 1.61. The van der Waals surface area contributed by atoms with Crippen molar-refractivity contribution in [2.45, 2.75) is 45.6 Å². The number of carbonyl (C=O) groups excluding carboxylic acids is 2. The van der Waals surface area contributed by atoms with Crippen molar-refractivity contribution in [2.24, 2.45) is 0 Å². The smallest absolute Gasteiger partial charge is 0.261 e. The SMILES string of the molecule is CCCCCC(C)N1C(=O)c2ccc(C#Cc3ccc(C#N)c4nsnc34)cc2C1=O. The third-order valence-electron chi connectivity index (χ3n) is 5.46. The molecule has 1 aliphatic rings. The van der Waals surface area contributed by atoms with Crippen molar-refractivity contribution in [3.05, 3.63) is 58.1 Å². The number of benzene rings is 2. The minimum Gasteiger partial charge on any atom is -0.272 e. The molecule has 2 heterocycles. The molecular weight excluding hydrogens is 408 g/mol. The Morgan fingerprint density at radius 3 is 2.45 bits per heavy atom. The van der Waals surface area contributed by atoms with E-state index in [-0.39, 0.29) is 17.9 Å². The standard InChI is InChI=1S/C24H20N4O2S/c1-3-4-5-6-15(2)28-23(29)19-12-8-16(13-20(19)24(28)30)7-9-17-10-11-18(14-25)22-21(17)26-31-27-22/h8,10-13,15H,3-6H2,1-2H3. The van der Waals surface area contributed by atoms with E-state index in [9.17, 15) is 14.9 Å². The number of aromatic nitrogens is 2. The summed E-state index contributed by atoms with van der Waals surface area (Å²) in [7, 11) is 0. The van der Waals surface area contributed by atoms with Gasteiger partial charge in [0.25, 0.3) is 11.8 Å². The first kappa shape index (κ1) is 20.7. The van der Waals surface area contributed by atoms with E-state index in [0.717, 1.165) is 37.4 Å². The van der Waals surface area contributed by atoms with E-state index in [0.29, 0.717) is 38.9 Å². The Morgan fingerprint density at radius 2 is 1.71 bits per heavy atom. The zero-order valence-corrected chi connectivity index (χ0v) is 18.1. The number of carbonyl (C=O) groups is 2. The molecule has 0 saturated heterocycles. The molecule has 4 rings (SSSR count). The van der Waals surface area contributed by atoms with Crippen LogP contribution in [0.4, 0.5) is 0 Å². The summed E-state index contributed by atoms with van der Waals surface area (Å²) in [5, 5.41) is 9.20. The lowest BCUT2D eigenvalue weighted by molar-refractivity contribution is 0.0588. The number of rotatable bonds is 5. The highest BCUT2D eigenvalue weighted by atomic mass is 32.1. The van der Waals surface area contributed by atoms with Crippen LogP contribution < -0.4 is 0 Å². The molecule has 1 atom stereocenters. The average molecular weight is 429 g/mol. The third-order valence-corrected chi connectivity index (χ3v) is 5.99. The molecule has 0 N–H and O–H groups in total. The Hall–Kier alpha value is -3.55. The monoisotopic (exact) mass is 428 g/mol. The summed E-state index contributed by atoms with van der Waals surface area (Å²) < 4.78 is 8.43. The fourth-order valence-corrected chi connectivity index (χ4v) is 4.33. The van der Waals surface area contributed by atoms with Crippen LogP contribution >= 0.6 is 11.7 Å². The summed E-state index contributed by atoms with van der Waals surface area (Å²) in [5.74, 6) is 5.63. The normalized spacial score (nSPS) is 13.6. The first-order chi connectivity index (χ1) is 15.0. The molecule has 7 heteroatoms. The van der Waals surface area contributed by atoms with Gasteiger partial charge < -0.3 is 0 Å². The molecule has 2 aromatic carbocycles. The van der Waals surface area contributed by atoms with E-state index in [4.69, 9.17) is 0 Å². The van der Waals surface area contributed by atoms with E-state index in [2.05, 4.69) is 33.6 Å². The van der Waals surface area contributed by atoms with Crippen molar-refractivity contribution in [1.82, 2.24) is 13.6 Å². The van der Waals surface area contributed by atoms with Crippen LogP contribution in [-0.4, -0.2) is 31.5 Å². The molecule has 31 heavy (non-hydrogen) atoms. The molecule has 1 aliphatic heterocycles. The van der Waals surface area contributed by atoms with Gasteiger partial charge in [-0.3, -0.25) is 14.5 Å². The van der Waals surface area contributed by atoms with Gasteiger partial charge >= 0.3 is 0 Å². The Bertz CT molecular complexity index is 1290. The zero-order chi connectivity index (χ0) is 22.0. The molecule has 1 aromatic heterocycles. The molecule has 0 bridgehead atoms. The predicted octanol–water partition coefficient (Wildman–Crippen LogP) is 4.53. The fraction of sp³-hybridized carbons (Fsp3) is 0.292. The van der Waals surface area contributed by atoms with Gasteiger partial charge in [-0.1, -0.05) is 38.0 Å². The number of nitrogens with zero attached hydrogens (tertiary/aromatic N) is 4. The van der Waals surface area contributed by atoms with Gasteiger partial charge in [-0.15, -0.1) is 0 Å². The molecule has 0 spiro atoms. The highest BCUT2D eigenvalue weighted by Gasteiger charge is 2.38. The van der Waals surface area contributed by atoms with Crippen molar-refractivity contribution in [3.63, 3.8) is 0 Å². The molecule has 0 saturated carbocycles. The first-order valence-corrected chi connectivity index (χ1v) is 11.0. The Kier molecular flexibility index (Phi) is 5.79. The van der Waals surface area contributed by atoms with Gasteiger partial charge in [0.15, 0.2) is 0 Å². The Morgan fingerprint density at radius 1 is 1.00 bits per heavy atom. The van der Waals surface area contributed by atoms with E-state index < -0.39 is 0 Å². The highest BCUT2D eigenvalue weighted by molar-refractivity contribution is 7.00. The number of unbranched alkanes of at least 4 members (excludes halogenated alkanes) is 2. The topological polar surface area (TPSA) is 86.9 Å². The first-order valence-electron chi connectivity index (χ1n) is 10.2. The molecule has 154 valence electrons. The van der Waals surface area contributed by atoms with Gasteiger partial charge in [-0.05, 0) is 43.7 Å². The lowest BCUT2D eigenvalue weighted by Gasteiger charge is -2.22. The van der Waals surface area contributed by atoms with Gasteiger partial charge in [0.1, 0.15) is 17.1 Å². The zero-order valence-electron chi connectivity index (χ0n) is 17.3. The molecule has 3 aromatic rings. The van der Waals surface area contributed by atoms with Crippen LogP contribution in [0.25, 0.3) is 11.0 Å². The van der Waals surface area contributed by atoms with E-state index in [1.54, 1.807) is 30.3 Å². The number of hydrogen-bond donors (Lipinski definition) is 0. The van der Waals surface area contributed by atoms with E-state index in [1.165, 1.54) is 4.90 Å². The van der Waals surface area contributed by atoms with E-state index in [1.807, 2.05) is 6.92 Å². The van der Waals surface area contributed by atoms with Crippen molar-refractivity contribution in [1.29, 1.82) is 5.26 Å². The van der Waals surface area contributed by atoms with E-state index >= 15 is 0 Å². The third kappa shape index (κ3) is 3.81. The predicted molar refractivity (Wildman–Crippen MR) is 119 cm³/mol. The van der Waals surface area contributed by atoms with Crippen molar-refractivity contribution < 1.29 is 9.59 Å². The number of amides is 2. The van der Waals surface area contributed by atoms with Crippen LogP contribution in [0, 0.1) is 23.2 Å². The Labute approximate surface area is 184 Å². The van der Waals surface area contributed by atoms with Crippen LogP contribution in [0.15, 0.2) is 30.3 Å². The fourth-order valence-electron chi connectivity index (χ4n) is 3.75. The second kappa shape index (κ2) is 8.67. The molecular formula is C24H20N4O2S.